The van der Waals surface area contributed by atoms with Crippen LogP contribution in [0.3, 0.4) is 0 Å². The number of nitriles is 1. The van der Waals surface area contributed by atoms with Crippen LogP contribution >= 0.6 is 0 Å². The van der Waals surface area contributed by atoms with Gasteiger partial charge in [-0.15, -0.1) is 0 Å². The van der Waals surface area contributed by atoms with Crippen LogP contribution in [0.2, 0.25) is 0 Å². The smallest absolute Gasteiger partial charge is 0.323 e. The lowest BCUT2D eigenvalue weighted by atomic mass is 10.2. The number of carboxylic acid groups (broad SMARTS) is 1. The summed E-state index contributed by atoms with van der Waals surface area (Å²) >= 11 is 0. The summed E-state index contributed by atoms with van der Waals surface area (Å²) in [6.07, 6.45) is 0.291. The lowest BCUT2D eigenvalue weighted by Gasteiger charge is -2.21. The number of carboxylic acids is 1. The first kappa shape index (κ1) is 12.8. The van der Waals surface area contributed by atoms with Crippen LogP contribution in [-0.4, -0.2) is 31.3 Å². The maximum atomic E-state index is 10.7. The van der Waals surface area contributed by atoms with Gasteiger partial charge in [-0.1, -0.05) is 0 Å². The van der Waals surface area contributed by atoms with Crippen molar-refractivity contribution < 1.29 is 14.6 Å². The van der Waals surface area contributed by atoms with E-state index >= 15 is 0 Å². The van der Waals surface area contributed by atoms with Crippen LogP contribution in [0.1, 0.15) is 6.42 Å². The number of rotatable bonds is 6. The first-order chi connectivity index (χ1) is 8.17. The van der Waals surface area contributed by atoms with E-state index in [4.69, 9.17) is 15.1 Å². The number of hydrogen-bond donors (Lipinski definition) is 1. The molecule has 0 atom stereocenters. The van der Waals surface area contributed by atoms with Gasteiger partial charge in [0.15, 0.2) is 0 Å². The van der Waals surface area contributed by atoms with E-state index in [9.17, 15) is 4.79 Å². The average Bonchev–Trinajstić information content (AvgIpc) is 2.34. The summed E-state index contributed by atoms with van der Waals surface area (Å²) in [4.78, 5) is 12.4. The Morgan fingerprint density at radius 1 is 1.47 bits per heavy atom. The molecule has 0 aliphatic rings. The molecular weight excluding hydrogens is 220 g/mol. The SMILES string of the molecule is COc1ccc(N(CCC#N)CC(=O)O)cc1. The summed E-state index contributed by atoms with van der Waals surface area (Å²) < 4.78 is 5.02. The minimum absolute atomic E-state index is 0.117. The lowest BCUT2D eigenvalue weighted by molar-refractivity contribution is -0.135. The monoisotopic (exact) mass is 234 g/mol. The minimum Gasteiger partial charge on any atom is -0.497 e. The number of ether oxygens (including phenoxy) is 1. The second kappa shape index (κ2) is 6.38. The van der Waals surface area contributed by atoms with Gasteiger partial charge in [0.1, 0.15) is 12.3 Å². The fourth-order valence-electron chi connectivity index (χ4n) is 1.44. The standard InChI is InChI=1S/C12H14N2O3/c1-17-11-5-3-10(4-6-11)14(8-2-7-13)9-12(15)16/h3-6H,2,8-9H2,1H3,(H,15,16). The fraction of sp³-hybridized carbons (Fsp3) is 0.333. The Morgan fingerprint density at radius 3 is 2.59 bits per heavy atom. The Hall–Kier alpha value is -2.22. The molecule has 0 aliphatic carbocycles. The Balaban J connectivity index is 2.80. The number of aliphatic carboxylic acids is 1. The second-order valence-electron chi connectivity index (χ2n) is 3.42. The predicted molar refractivity (Wildman–Crippen MR) is 63.1 cm³/mol. The van der Waals surface area contributed by atoms with Crippen LogP contribution in [0.4, 0.5) is 5.69 Å². The van der Waals surface area contributed by atoms with Gasteiger partial charge in [-0.2, -0.15) is 5.26 Å². The fourth-order valence-corrected chi connectivity index (χ4v) is 1.44. The number of carbonyl (C=O) groups is 1. The molecule has 1 aromatic carbocycles. The van der Waals surface area contributed by atoms with Crippen molar-refractivity contribution in [2.24, 2.45) is 0 Å². The summed E-state index contributed by atoms with van der Waals surface area (Å²) in [6.45, 7) is 0.281. The van der Waals surface area contributed by atoms with Gasteiger partial charge >= 0.3 is 5.97 Å². The van der Waals surface area contributed by atoms with Crippen LogP contribution in [0.5, 0.6) is 5.75 Å². The summed E-state index contributed by atoms with van der Waals surface area (Å²) in [5.74, 6) is -0.205. The summed E-state index contributed by atoms with van der Waals surface area (Å²) in [5.41, 5.74) is 0.767. The number of benzene rings is 1. The van der Waals surface area contributed by atoms with Gasteiger partial charge in [0, 0.05) is 12.2 Å². The van der Waals surface area contributed by atoms with Gasteiger partial charge in [0.25, 0.3) is 0 Å². The maximum Gasteiger partial charge on any atom is 0.323 e. The molecule has 0 amide bonds. The molecule has 1 N–H and O–H groups in total. The van der Waals surface area contributed by atoms with Crippen molar-refractivity contribution in [3.63, 3.8) is 0 Å². The summed E-state index contributed by atoms with van der Waals surface area (Å²) in [7, 11) is 1.57. The highest BCUT2D eigenvalue weighted by atomic mass is 16.5. The van der Waals surface area contributed by atoms with E-state index in [0.29, 0.717) is 18.7 Å². The summed E-state index contributed by atoms with van der Waals surface area (Å²) in [5, 5.41) is 17.3. The van der Waals surface area contributed by atoms with Gasteiger partial charge in [-0.3, -0.25) is 4.79 Å². The Morgan fingerprint density at radius 2 is 2.12 bits per heavy atom. The zero-order valence-corrected chi connectivity index (χ0v) is 9.59. The molecule has 0 fully saturated rings. The molecule has 0 saturated heterocycles. The largest absolute Gasteiger partial charge is 0.497 e. The molecule has 0 bridgehead atoms. The average molecular weight is 234 g/mol. The van der Waals surface area contributed by atoms with Crippen molar-refractivity contribution in [3.8, 4) is 11.8 Å². The molecule has 0 radical (unpaired) electrons. The zero-order chi connectivity index (χ0) is 12.7. The molecule has 17 heavy (non-hydrogen) atoms. The van der Waals surface area contributed by atoms with Gasteiger partial charge in [-0.05, 0) is 24.3 Å². The van der Waals surface area contributed by atoms with E-state index in [0.717, 1.165) is 5.69 Å². The van der Waals surface area contributed by atoms with Crippen LogP contribution in [0.25, 0.3) is 0 Å². The third kappa shape index (κ3) is 4.03. The van der Waals surface area contributed by atoms with Gasteiger partial charge in [0.05, 0.1) is 19.6 Å². The van der Waals surface area contributed by atoms with Crippen molar-refractivity contribution in [2.75, 3.05) is 25.1 Å². The molecule has 1 rings (SSSR count). The van der Waals surface area contributed by atoms with Gasteiger partial charge in [-0.25, -0.2) is 0 Å². The molecule has 5 heteroatoms. The highest BCUT2D eigenvalue weighted by molar-refractivity contribution is 5.73. The Labute approximate surface area is 99.8 Å². The number of hydrogen-bond acceptors (Lipinski definition) is 4. The second-order valence-corrected chi connectivity index (χ2v) is 3.42. The minimum atomic E-state index is -0.918. The zero-order valence-electron chi connectivity index (χ0n) is 9.59. The van der Waals surface area contributed by atoms with Crippen LogP contribution in [0, 0.1) is 11.3 Å². The molecule has 5 nitrogen and oxygen atoms in total. The Bertz CT molecular complexity index is 409. The molecule has 90 valence electrons. The lowest BCUT2D eigenvalue weighted by Crippen LogP contribution is -2.30. The summed E-state index contributed by atoms with van der Waals surface area (Å²) in [6, 6.07) is 9.08. The third-order valence-electron chi connectivity index (χ3n) is 2.26. The number of nitrogens with zero attached hydrogens (tertiary/aromatic N) is 2. The molecule has 1 aromatic rings. The van der Waals surface area contributed by atoms with Crippen molar-refractivity contribution in [3.05, 3.63) is 24.3 Å². The quantitative estimate of drug-likeness (QED) is 0.807. The molecule has 0 saturated carbocycles. The number of methoxy groups -OCH3 is 1. The van der Waals surface area contributed by atoms with Crippen LogP contribution in [-0.2, 0) is 4.79 Å². The highest BCUT2D eigenvalue weighted by Crippen LogP contribution is 2.19. The molecule has 0 unspecified atom stereocenters. The van der Waals surface area contributed by atoms with Gasteiger partial charge in [0.2, 0.25) is 0 Å². The van der Waals surface area contributed by atoms with E-state index in [-0.39, 0.29) is 6.54 Å². The van der Waals surface area contributed by atoms with Crippen molar-refractivity contribution in [1.82, 2.24) is 0 Å². The first-order valence-electron chi connectivity index (χ1n) is 5.15. The van der Waals surface area contributed by atoms with Gasteiger partial charge < -0.3 is 14.7 Å². The highest BCUT2D eigenvalue weighted by Gasteiger charge is 2.10. The molecule has 0 spiro atoms. The maximum absolute atomic E-state index is 10.7. The number of anilines is 1. The van der Waals surface area contributed by atoms with E-state index in [2.05, 4.69) is 0 Å². The van der Waals surface area contributed by atoms with E-state index in [1.807, 2.05) is 6.07 Å². The predicted octanol–water partition coefficient (Wildman–Crippen LogP) is 1.50. The van der Waals surface area contributed by atoms with Crippen molar-refractivity contribution >= 4 is 11.7 Å². The van der Waals surface area contributed by atoms with E-state index in [1.165, 1.54) is 0 Å². The van der Waals surface area contributed by atoms with Crippen LogP contribution < -0.4 is 9.64 Å². The topological polar surface area (TPSA) is 73.6 Å². The Kier molecular flexibility index (Phi) is 4.82. The molecule has 0 aliphatic heterocycles. The van der Waals surface area contributed by atoms with E-state index in [1.54, 1.807) is 36.3 Å². The van der Waals surface area contributed by atoms with Crippen molar-refractivity contribution in [2.45, 2.75) is 6.42 Å². The first-order valence-corrected chi connectivity index (χ1v) is 5.15. The molecular formula is C12H14N2O3. The normalized spacial score (nSPS) is 9.41. The van der Waals surface area contributed by atoms with E-state index < -0.39 is 5.97 Å². The van der Waals surface area contributed by atoms with Crippen molar-refractivity contribution in [1.29, 1.82) is 5.26 Å². The third-order valence-corrected chi connectivity index (χ3v) is 2.26. The molecule has 0 aromatic heterocycles. The van der Waals surface area contributed by atoms with Crippen LogP contribution in [0.15, 0.2) is 24.3 Å². The molecule has 0 heterocycles.